The number of nitrogens with zero attached hydrogens (tertiary/aromatic N) is 3. The lowest BCUT2D eigenvalue weighted by molar-refractivity contribution is 0.472. The maximum Gasteiger partial charge on any atom is 0.141 e. The summed E-state index contributed by atoms with van der Waals surface area (Å²) in [5.74, 6) is 1.01. The number of hydrogen-bond donors (Lipinski definition) is 1. The van der Waals surface area contributed by atoms with E-state index in [0.717, 1.165) is 22.4 Å². The highest BCUT2D eigenvalue weighted by Crippen LogP contribution is 2.30. The van der Waals surface area contributed by atoms with Crippen molar-refractivity contribution in [1.82, 2.24) is 14.5 Å². The smallest absolute Gasteiger partial charge is 0.141 e. The number of imidazole rings is 1. The Kier molecular flexibility index (Phi) is 2.56. The summed E-state index contributed by atoms with van der Waals surface area (Å²) in [4.78, 5) is 8.64. The first-order valence-electron chi connectivity index (χ1n) is 5.42. The molecule has 4 nitrogen and oxygen atoms in total. The predicted molar refractivity (Wildman–Crippen MR) is 73.3 cm³/mol. The van der Waals surface area contributed by atoms with Gasteiger partial charge in [0.2, 0.25) is 0 Å². The van der Waals surface area contributed by atoms with Crippen LogP contribution in [0.2, 0.25) is 0 Å². The lowest BCUT2D eigenvalue weighted by Crippen LogP contribution is -1.92. The molecule has 0 aliphatic heterocycles. The van der Waals surface area contributed by atoms with Gasteiger partial charge in [-0.25, -0.2) is 4.98 Å². The normalized spacial score (nSPS) is 11.0. The molecule has 0 bridgehead atoms. The van der Waals surface area contributed by atoms with E-state index in [1.165, 1.54) is 0 Å². The maximum absolute atomic E-state index is 9.73. The summed E-state index contributed by atoms with van der Waals surface area (Å²) in [5.41, 5.74) is 2.73. The van der Waals surface area contributed by atoms with Crippen molar-refractivity contribution in [2.75, 3.05) is 0 Å². The number of rotatable bonds is 1. The molecule has 0 unspecified atom stereocenters. The Morgan fingerprint density at radius 1 is 1.28 bits per heavy atom. The minimum atomic E-state index is 0.206. The molecule has 0 radical (unpaired) electrons. The number of aryl methyl sites for hydroxylation is 1. The Balaban J connectivity index is 2.25. The molecule has 0 aliphatic rings. The van der Waals surface area contributed by atoms with Gasteiger partial charge in [0.15, 0.2) is 0 Å². The molecular formula is C13H10BrN3O. The molecule has 1 N–H and O–H groups in total. The van der Waals surface area contributed by atoms with Crippen molar-refractivity contribution in [1.29, 1.82) is 0 Å². The summed E-state index contributed by atoms with van der Waals surface area (Å²) in [6.07, 6.45) is 3.50. The van der Waals surface area contributed by atoms with Crippen LogP contribution in [0.15, 0.2) is 41.1 Å². The quantitative estimate of drug-likeness (QED) is 0.751. The van der Waals surface area contributed by atoms with Gasteiger partial charge in [0.1, 0.15) is 11.6 Å². The van der Waals surface area contributed by atoms with Crippen molar-refractivity contribution in [2.24, 2.45) is 7.05 Å². The Morgan fingerprint density at radius 2 is 2.11 bits per heavy atom. The molecule has 90 valence electrons. The topological polar surface area (TPSA) is 50.9 Å². The molecule has 0 saturated heterocycles. The Morgan fingerprint density at radius 3 is 2.83 bits per heavy atom. The fraction of sp³-hybridized carbons (Fsp3) is 0.0769. The van der Waals surface area contributed by atoms with Gasteiger partial charge in [0.25, 0.3) is 0 Å². The Labute approximate surface area is 112 Å². The third-order valence-corrected chi connectivity index (χ3v) is 3.56. The van der Waals surface area contributed by atoms with Gasteiger partial charge in [-0.05, 0) is 40.2 Å². The summed E-state index contributed by atoms with van der Waals surface area (Å²) >= 11 is 3.27. The number of halogens is 1. The first kappa shape index (κ1) is 11.2. The van der Waals surface area contributed by atoms with E-state index in [9.17, 15) is 5.11 Å². The minimum absolute atomic E-state index is 0.206. The zero-order valence-electron chi connectivity index (χ0n) is 9.63. The van der Waals surface area contributed by atoms with Gasteiger partial charge in [-0.1, -0.05) is 0 Å². The molecule has 1 aromatic carbocycles. The minimum Gasteiger partial charge on any atom is -0.507 e. The average molecular weight is 304 g/mol. The molecule has 0 atom stereocenters. The zero-order valence-corrected chi connectivity index (χ0v) is 11.2. The lowest BCUT2D eigenvalue weighted by Gasteiger charge is -2.04. The molecule has 0 aliphatic carbocycles. The molecule has 3 aromatic rings. The van der Waals surface area contributed by atoms with E-state index in [-0.39, 0.29) is 5.75 Å². The highest BCUT2D eigenvalue weighted by molar-refractivity contribution is 9.10. The first-order chi connectivity index (χ1) is 8.66. The van der Waals surface area contributed by atoms with Crippen LogP contribution in [0.5, 0.6) is 5.75 Å². The van der Waals surface area contributed by atoms with Crippen LogP contribution in [0.1, 0.15) is 0 Å². The summed E-state index contributed by atoms with van der Waals surface area (Å²) in [5, 5.41) is 9.73. The van der Waals surface area contributed by atoms with Crippen LogP contribution < -0.4 is 0 Å². The average Bonchev–Trinajstić information content (AvgIpc) is 2.71. The fourth-order valence-electron chi connectivity index (χ4n) is 1.94. The van der Waals surface area contributed by atoms with Crippen LogP contribution in [0.25, 0.3) is 22.4 Å². The van der Waals surface area contributed by atoms with E-state index in [2.05, 4.69) is 25.9 Å². The van der Waals surface area contributed by atoms with E-state index in [1.54, 1.807) is 18.5 Å². The van der Waals surface area contributed by atoms with E-state index < -0.39 is 0 Å². The number of phenols is 1. The van der Waals surface area contributed by atoms with E-state index in [0.29, 0.717) is 4.47 Å². The molecular weight excluding hydrogens is 294 g/mol. The number of aromatic hydroxyl groups is 1. The van der Waals surface area contributed by atoms with Crippen LogP contribution in [0, 0.1) is 0 Å². The van der Waals surface area contributed by atoms with Gasteiger partial charge in [-0.15, -0.1) is 0 Å². The Bertz CT molecular complexity index is 736. The number of benzene rings is 1. The van der Waals surface area contributed by atoms with Gasteiger partial charge in [-0.3, -0.25) is 4.98 Å². The van der Waals surface area contributed by atoms with Gasteiger partial charge in [0.05, 0.1) is 21.7 Å². The summed E-state index contributed by atoms with van der Waals surface area (Å²) in [6.45, 7) is 0. The third kappa shape index (κ3) is 1.67. The van der Waals surface area contributed by atoms with Gasteiger partial charge < -0.3 is 9.67 Å². The van der Waals surface area contributed by atoms with Crippen LogP contribution in [-0.4, -0.2) is 19.6 Å². The van der Waals surface area contributed by atoms with Gasteiger partial charge in [0, 0.05) is 18.8 Å². The number of hydrogen-bond acceptors (Lipinski definition) is 3. The van der Waals surface area contributed by atoms with Crippen LogP contribution in [0.3, 0.4) is 0 Å². The fourth-order valence-corrected chi connectivity index (χ4v) is 2.19. The van der Waals surface area contributed by atoms with E-state index in [1.807, 2.05) is 29.8 Å². The highest BCUT2D eigenvalue weighted by atomic mass is 79.9. The van der Waals surface area contributed by atoms with E-state index >= 15 is 0 Å². The van der Waals surface area contributed by atoms with Gasteiger partial charge in [-0.2, -0.15) is 0 Å². The number of pyridine rings is 1. The van der Waals surface area contributed by atoms with Crippen molar-refractivity contribution in [2.45, 2.75) is 0 Å². The molecule has 18 heavy (non-hydrogen) atoms. The summed E-state index contributed by atoms with van der Waals surface area (Å²) < 4.78 is 2.64. The van der Waals surface area contributed by atoms with Crippen molar-refractivity contribution in [3.63, 3.8) is 0 Å². The molecule has 0 spiro atoms. The molecule has 0 fully saturated rings. The summed E-state index contributed by atoms with van der Waals surface area (Å²) in [6, 6.07) is 7.29. The monoisotopic (exact) mass is 303 g/mol. The second kappa shape index (κ2) is 4.10. The predicted octanol–water partition coefficient (Wildman–Crippen LogP) is 3.10. The number of phenolic OH excluding ortho intramolecular Hbond substituents is 1. The molecule has 0 saturated carbocycles. The van der Waals surface area contributed by atoms with E-state index in [4.69, 9.17) is 0 Å². The van der Waals surface area contributed by atoms with Crippen LogP contribution in [0.4, 0.5) is 0 Å². The maximum atomic E-state index is 9.73. The standard InChI is InChI=1S/C13H10BrN3O/c1-17-11-7-15-5-4-10(11)16-13(17)8-2-3-9(14)12(18)6-8/h2-7,18H,1H3. The molecule has 5 heteroatoms. The second-order valence-electron chi connectivity index (χ2n) is 4.03. The zero-order chi connectivity index (χ0) is 12.7. The molecule has 2 heterocycles. The number of aromatic nitrogens is 3. The van der Waals surface area contributed by atoms with Crippen molar-refractivity contribution in [3.8, 4) is 17.1 Å². The van der Waals surface area contributed by atoms with Crippen molar-refractivity contribution >= 4 is 27.0 Å². The lowest BCUT2D eigenvalue weighted by atomic mass is 10.2. The Hall–Kier alpha value is -1.88. The third-order valence-electron chi connectivity index (χ3n) is 2.89. The largest absolute Gasteiger partial charge is 0.507 e. The first-order valence-corrected chi connectivity index (χ1v) is 6.21. The molecule has 3 rings (SSSR count). The van der Waals surface area contributed by atoms with Crippen molar-refractivity contribution < 1.29 is 5.11 Å². The number of fused-ring (bicyclic) bond motifs is 1. The SMILES string of the molecule is Cn1c(-c2ccc(Br)c(O)c2)nc2ccncc21. The second-order valence-corrected chi connectivity index (χ2v) is 4.88. The molecule has 0 amide bonds. The van der Waals surface area contributed by atoms with Crippen LogP contribution in [-0.2, 0) is 7.05 Å². The van der Waals surface area contributed by atoms with Crippen molar-refractivity contribution in [3.05, 3.63) is 41.1 Å². The van der Waals surface area contributed by atoms with Crippen LogP contribution >= 0.6 is 15.9 Å². The van der Waals surface area contributed by atoms with Gasteiger partial charge >= 0.3 is 0 Å². The highest BCUT2D eigenvalue weighted by Gasteiger charge is 2.10. The molecule has 2 aromatic heterocycles. The summed E-state index contributed by atoms with van der Waals surface area (Å²) in [7, 11) is 1.94.